The summed E-state index contributed by atoms with van der Waals surface area (Å²) >= 11 is 0. The van der Waals surface area contributed by atoms with Crippen LogP contribution in [0.25, 0.3) is 0 Å². The Morgan fingerprint density at radius 3 is 2.67 bits per heavy atom. The molecule has 2 aromatic rings. The normalized spacial score (nSPS) is 17.6. The van der Waals surface area contributed by atoms with Crippen molar-refractivity contribution in [1.29, 1.82) is 0 Å². The largest absolute Gasteiger partial charge is 0.336 e. The Hall–Kier alpha value is -2.38. The minimum atomic E-state index is -3.80. The van der Waals surface area contributed by atoms with Gasteiger partial charge in [-0.25, -0.2) is 8.42 Å². The van der Waals surface area contributed by atoms with Gasteiger partial charge in [0.2, 0.25) is 0 Å². The highest BCUT2D eigenvalue weighted by molar-refractivity contribution is 7.92. The number of nitrogens with zero attached hydrogens (tertiary/aromatic N) is 1. The van der Waals surface area contributed by atoms with Crippen LogP contribution in [-0.2, 0) is 10.0 Å². The number of rotatable bonds is 4. The number of benzene rings is 2. The molecule has 3 rings (SSSR count). The van der Waals surface area contributed by atoms with Crippen molar-refractivity contribution < 1.29 is 13.2 Å². The average Bonchev–Trinajstić information content (AvgIpc) is 2.63. The number of hydrogen-bond acceptors (Lipinski definition) is 4. The van der Waals surface area contributed by atoms with Crippen molar-refractivity contribution in [3.8, 4) is 0 Å². The van der Waals surface area contributed by atoms with Crippen molar-refractivity contribution in [2.24, 2.45) is 0 Å². The van der Waals surface area contributed by atoms with E-state index in [-0.39, 0.29) is 16.8 Å². The number of para-hydroxylation sites is 1. The number of hydrogen-bond donors (Lipinski definition) is 2. The van der Waals surface area contributed by atoms with Gasteiger partial charge in [0.15, 0.2) is 0 Å². The van der Waals surface area contributed by atoms with E-state index in [2.05, 4.69) is 10.0 Å². The number of aryl methyl sites for hydroxylation is 2. The molecule has 1 heterocycles. The van der Waals surface area contributed by atoms with Crippen LogP contribution in [0, 0.1) is 13.8 Å². The predicted octanol–water partition coefficient (Wildman–Crippen LogP) is 2.54. The van der Waals surface area contributed by atoms with Gasteiger partial charge in [0.1, 0.15) is 0 Å². The van der Waals surface area contributed by atoms with Crippen molar-refractivity contribution in [2.45, 2.75) is 31.7 Å². The minimum absolute atomic E-state index is 0.164. The highest BCUT2D eigenvalue weighted by Gasteiger charge is 2.25. The molecule has 0 radical (unpaired) electrons. The highest BCUT2D eigenvalue weighted by Crippen LogP contribution is 2.24. The zero-order valence-corrected chi connectivity index (χ0v) is 16.6. The van der Waals surface area contributed by atoms with Crippen LogP contribution in [0.5, 0.6) is 0 Å². The second kappa shape index (κ2) is 7.70. The van der Waals surface area contributed by atoms with Gasteiger partial charge >= 0.3 is 0 Å². The second-order valence-corrected chi connectivity index (χ2v) is 8.68. The number of carbonyl (C=O) groups is 1. The standard InChI is InChI=1S/C20H25N3O3S/c1-14-8-9-15(2)19(12-14)27(25,26)22-18-7-5-4-6-17(18)20(24)23-11-10-21-16(3)13-23/h4-9,12,16,21-22H,10-11,13H2,1-3H3. The maximum atomic E-state index is 13.0. The lowest BCUT2D eigenvalue weighted by molar-refractivity contribution is 0.0710. The Morgan fingerprint density at radius 2 is 1.93 bits per heavy atom. The lowest BCUT2D eigenvalue weighted by Gasteiger charge is -2.32. The fourth-order valence-electron chi connectivity index (χ4n) is 3.24. The highest BCUT2D eigenvalue weighted by atomic mass is 32.2. The van der Waals surface area contributed by atoms with Crippen molar-refractivity contribution in [2.75, 3.05) is 24.4 Å². The molecule has 6 nitrogen and oxygen atoms in total. The van der Waals surface area contributed by atoms with E-state index in [1.807, 2.05) is 19.9 Å². The molecular weight excluding hydrogens is 362 g/mol. The van der Waals surface area contributed by atoms with E-state index < -0.39 is 10.0 Å². The Morgan fingerprint density at radius 1 is 1.19 bits per heavy atom. The Balaban J connectivity index is 1.92. The summed E-state index contributed by atoms with van der Waals surface area (Å²) in [6.45, 7) is 7.55. The van der Waals surface area contributed by atoms with Crippen molar-refractivity contribution >= 4 is 21.6 Å². The molecule has 1 aliphatic heterocycles. The van der Waals surface area contributed by atoms with E-state index in [9.17, 15) is 13.2 Å². The molecule has 1 amide bonds. The van der Waals surface area contributed by atoms with Crippen molar-refractivity contribution in [3.05, 3.63) is 59.2 Å². The van der Waals surface area contributed by atoms with E-state index in [1.165, 1.54) is 0 Å². The number of anilines is 1. The third-order valence-electron chi connectivity index (χ3n) is 4.69. The van der Waals surface area contributed by atoms with Crippen molar-refractivity contribution in [3.63, 3.8) is 0 Å². The van der Waals surface area contributed by atoms with Crippen LogP contribution in [0.3, 0.4) is 0 Å². The van der Waals surface area contributed by atoms with E-state index >= 15 is 0 Å². The summed E-state index contributed by atoms with van der Waals surface area (Å²) in [5, 5.41) is 3.30. The van der Waals surface area contributed by atoms with Gasteiger partial charge in [-0.2, -0.15) is 0 Å². The molecule has 0 spiro atoms. The summed E-state index contributed by atoms with van der Waals surface area (Å²) in [5.74, 6) is -0.164. The third kappa shape index (κ3) is 4.31. The Bertz CT molecular complexity index is 957. The zero-order valence-electron chi connectivity index (χ0n) is 15.8. The lowest BCUT2D eigenvalue weighted by Crippen LogP contribution is -2.51. The van der Waals surface area contributed by atoms with E-state index in [1.54, 1.807) is 48.2 Å². The van der Waals surface area contributed by atoms with Gasteiger partial charge in [0.25, 0.3) is 15.9 Å². The van der Waals surface area contributed by atoms with Gasteiger partial charge in [0.05, 0.1) is 16.1 Å². The number of amides is 1. The molecule has 1 fully saturated rings. The van der Waals surface area contributed by atoms with E-state index in [0.717, 1.165) is 12.1 Å². The van der Waals surface area contributed by atoms with Crippen LogP contribution in [0.15, 0.2) is 47.4 Å². The summed E-state index contributed by atoms with van der Waals surface area (Å²) < 4.78 is 28.5. The molecule has 1 unspecified atom stereocenters. The quantitative estimate of drug-likeness (QED) is 0.845. The topological polar surface area (TPSA) is 78.5 Å². The first-order chi connectivity index (χ1) is 12.8. The van der Waals surface area contributed by atoms with Gasteiger partial charge in [-0.15, -0.1) is 0 Å². The van der Waals surface area contributed by atoms with Gasteiger partial charge in [-0.1, -0.05) is 24.3 Å². The summed E-state index contributed by atoms with van der Waals surface area (Å²) in [5.41, 5.74) is 2.18. The number of piperazine rings is 1. The molecule has 0 saturated carbocycles. The van der Waals surface area contributed by atoms with Gasteiger partial charge in [-0.05, 0) is 50.1 Å². The van der Waals surface area contributed by atoms with Crippen molar-refractivity contribution in [1.82, 2.24) is 10.2 Å². The second-order valence-electron chi connectivity index (χ2n) is 7.03. The van der Waals surface area contributed by atoms with Gasteiger partial charge in [0, 0.05) is 25.7 Å². The fourth-order valence-corrected chi connectivity index (χ4v) is 4.65. The molecule has 0 aromatic heterocycles. The van der Waals surface area contributed by atoms with E-state index in [0.29, 0.717) is 29.9 Å². The number of nitrogens with one attached hydrogen (secondary N) is 2. The van der Waals surface area contributed by atoms with Gasteiger partial charge in [-0.3, -0.25) is 9.52 Å². The zero-order chi connectivity index (χ0) is 19.6. The van der Waals surface area contributed by atoms with E-state index in [4.69, 9.17) is 0 Å². The maximum absolute atomic E-state index is 13.0. The minimum Gasteiger partial charge on any atom is -0.336 e. The summed E-state index contributed by atoms with van der Waals surface area (Å²) in [6.07, 6.45) is 0. The predicted molar refractivity (Wildman–Crippen MR) is 107 cm³/mol. The molecule has 2 aromatic carbocycles. The maximum Gasteiger partial charge on any atom is 0.262 e. The van der Waals surface area contributed by atoms with Crippen LogP contribution in [0.2, 0.25) is 0 Å². The first-order valence-electron chi connectivity index (χ1n) is 8.99. The first-order valence-corrected chi connectivity index (χ1v) is 10.5. The average molecular weight is 388 g/mol. The Kier molecular flexibility index (Phi) is 5.53. The molecular formula is C20H25N3O3S. The number of carbonyl (C=O) groups excluding carboxylic acids is 1. The smallest absolute Gasteiger partial charge is 0.262 e. The fraction of sp³-hybridized carbons (Fsp3) is 0.350. The van der Waals surface area contributed by atoms with Crippen LogP contribution >= 0.6 is 0 Å². The molecule has 1 atom stereocenters. The molecule has 2 N–H and O–H groups in total. The molecule has 1 aliphatic rings. The van der Waals surface area contributed by atoms with Gasteiger partial charge < -0.3 is 10.2 Å². The number of sulfonamides is 1. The monoisotopic (exact) mass is 387 g/mol. The van der Waals surface area contributed by atoms with Crippen LogP contribution in [0.4, 0.5) is 5.69 Å². The lowest BCUT2D eigenvalue weighted by atomic mass is 10.1. The van der Waals surface area contributed by atoms with Crippen LogP contribution < -0.4 is 10.0 Å². The SMILES string of the molecule is Cc1ccc(C)c(S(=O)(=O)Nc2ccccc2C(=O)N2CCNC(C)C2)c1. The molecule has 27 heavy (non-hydrogen) atoms. The molecule has 144 valence electrons. The third-order valence-corrected chi connectivity index (χ3v) is 6.20. The molecule has 1 saturated heterocycles. The first kappa shape index (κ1) is 19.4. The summed E-state index contributed by atoms with van der Waals surface area (Å²) in [6, 6.07) is 12.3. The van der Waals surface area contributed by atoms with Crippen LogP contribution in [-0.4, -0.2) is 44.9 Å². The Labute approximate surface area is 160 Å². The molecule has 0 aliphatic carbocycles. The summed E-state index contributed by atoms with van der Waals surface area (Å²) in [4.78, 5) is 15.0. The molecule has 7 heteroatoms. The molecule has 0 bridgehead atoms. The summed E-state index contributed by atoms with van der Waals surface area (Å²) in [7, 11) is -3.80. The van der Waals surface area contributed by atoms with Crippen LogP contribution in [0.1, 0.15) is 28.4 Å².